The molecule has 1 atom stereocenters. The number of aromatic carboxylic acids is 1. The molecule has 1 rings (SSSR count). The number of benzene rings is 1. The lowest BCUT2D eigenvalue weighted by Gasteiger charge is -2.17. The standard InChI is InChI=1S/C19H30O3/c1-5-8-15(6-2)16-10-11-17(19(20)21)18(13-16)22-12-7-9-14(3)4/h10-11,13-15H,5-9,12H2,1-4H3,(H,20,21). The average Bonchev–Trinajstić information content (AvgIpc) is 2.48. The van der Waals surface area contributed by atoms with Crippen LogP contribution in [0.3, 0.4) is 0 Å². The van der Waals surface area contributed by atoms with Gasteiger partial charge in [0.15, 0.2) is 0 Å². The summed E-state index contributed by atoms with van der Waals surface area (Å²) in [5.74, 6) is 0.714. The molecule has 1 aromatic carbocycles. The van der Waals surface area contributed by atoms with E-state index in [1.807, 2.05) is 12.1 Å². The fourth-order valence-corrected chi connectivity index (χ4v) is 2.72. The lowest BCUT2D eigenvalue weighted by Crippen LogP contribution is -2.07. The molecule has 0 aliphatic rings. The molecule has 0 aliphatic carbocycles. The van der Waals surface area contributed by atoms with Crippen molar-refractivity contribution < 1.29 is 14.6 Å². The van der Waals surface area contributed by atoms with Crippen molar-refractivity contribution in [2.24, 2.45) is 5.92 Å². The number of rotatable bonds is 10. The molecule has 0 aliphatic heterocycles. The Morgan fingerprint density at radius 3 is 2.50 bits per heavy atom. The fraction of sp³-hybridized carbons (Fsp3) is 0.632. The van der Waals surface area contributed by atoms with E-state index >= 15 is 0 Å². The van der Waals surface area contributed by atoms with Crippen LogP contribution in [0.4, 0.5) is 0 Å². The molecule has 0 fully saturated rings. The second kappa shape index (κ2) is 9.50. The highest BCUT2D eigenvalue weighted by Crippen LogP contribution is 2.30. The third-order valence-corrected chi connectivity index (χ3v) is 4.02. The number of carboxylic acid groups (broad SMARTS) is 1. The maximum Gasteiger partial charge on any atom is 0.339 e. The zero-order valence-corrected chi connectivity index (χ0v) is 14.4. The van der Waals surface area contributed by atoms with Crippen LogP contribution in [0.5, 0.6) is 5.75 Å². The summed E-state index contributed by atoms with van der Waals surface area (Å²) in [6.45, 7) is 9.29. The molecule has 0 amide bonds. The molecular weight excluding hydrogens is 276 g/mol. The van der Waals surface area contributed by atoms with Crippen molar-refractivity contribution >= 4 is 5.97 Å². The molecule has 0 heterocycles. The second-order valence-electron chi connectivity index (χ2n) is 6.34. The first-order valence-corrected chi connectivity index (χ1v) is 8.49. The van der Waals surface area contributed by atoms with E-state index in [0.717, 1.165) is 32.1 Å². The first-order valence-electron chi connectivity index (χ1n) is 8.49. The smallest absolute Gasteiger partial charge is 0.339 e. The third kappa shape index (κ3) is 5.70. The van der Waals surface area contributed by atoms with Gasteiger partial charge in [0.05, 0.1) is 6.61 Å². The maximum absolute atomic E-state index is 11.4. The third-order valence-electron chi connectivity index (χ3n) is 4.02. The highest BCUT2D eigenvalue weighted by Gasteiger charge is 2.16. The van der Waals surface area contributed by atoms with Gasteiger partial charge in [-0.2, -0.15) is 0 Å². The van der Waals surface area contributed by atoms with Crippen molar-refractivity contribution in [1.29, 1.82) is 0 Å². The Balaban J connectivity index is 2.87. The molecular formula is C19H30O3. The van der Waals surface area contributed by atoms with Crippen LogP contribution in [0.25, 0.3) is 0 Å². The van der Waals surface area contributed by atoms with E-state index < -0.39 is 5.97 Å². The SMILES string of the molecule is CCCC(CC)c1ccc(C(=O)O)c(OCCCC(C)C)c1. The van der Waals surface area contributed by atoms with Crippen LogP contribution >= 0.6 is 0 Å². The Bertz CT molecular complexity index is 466. The predicted octanol–water partition coefficient (Wildman–Crippen LogP) is 5.49. The molecule has 1 unspecified atom stereocenters. The predicted molar refractivity (Wildman–Crippen MR) is 90.9 cm³/mol. The molecule has 1 N–H and O–H groups in total. The van der Waals surface area contributed by atoms with Crippen LogP contribution in [0, 0.1) is 5.92 Å². The van der Waals surface area contributed by atoms with E-state index in [1.54, 1.807) is 6.07 Å². The van der Waals surface area contributed by atoms with Gasteiger partial charge in [-0.1, -0.05) is 40.2 Å². The van der Waals surface area contributed by atoms with Gasteiger partial charge < -0.3 is 9.84 Å². The average molecular weight is 306 g/mol. The van der Waals surface area contributed by atoms with E-state index in [0.29, 0.717) is 24.2 Å². The van der Waals surface area contributed by atoms with E-state index in [2.05, 4.69) is 27.7 Å². The number of carboxylic acids is 1. The summed E-state index contributed by atoms with van der Waals surface area (Å²) in [7, 11) is 0. The van der Waals surface area contributed by atoms with E-state index in [-0.39, 0.29) is 5.56 Å². The van der Waals surface area contributed by atoms with Gasteiger partial charge in [0.2, 0.25) is 0 Å². The molecule has 0 radical (unpaired) electrons. The van der Waals surface area contributed by atoms with Gasteiger partial charge in [-0.15, -0.1) is 0 Å². The van der Waals surface area contributed by atoms with Crippen LogP contribution in [0.1, 0.15) is 81.6 Å². The molecule has 0 spiro atoms. The van der Waals surface area contributed by atoms with Crippen molar-refractivity contribution in [1.82, 2.24) is 0 Å². The van der Waals surface area contributed by atoms with Gasteiger partial charge in [0, 0.05) is 0 Å². The normalized spacial score (nSPS) is 12.4. The summed E-state index contributed by atoms with van der Waals surface area (Å²) in [5, 5.41) is 9.32. The van der Waals surface area contributed by atoms with E-state index in [4.69, 9.17) is 4.74 Å². The summed E-state index contributed by atoms with van der Waals surface area (Å²) < 4.78 is 5.78. The summed E-state index contributed by atoms with van der Waals surface area (Å²) in [5.41, 5.74) is 1.45. The monoisotopic (exact) mass is 306 g/mol. The van der Waals surface area contributed by atoms with Crippen LogP contribution in [-0.4, -0.2) is 17.7 Å². The molecule has 0 bridgehead atoms. The maximum atomic E-state index is 11.4. The van der Waals surface area contributed by atoms with Crippen LogP contribution in [0.2, 0.25) is 0 Å². The molecule has 0 saturated heterocycles. The zero-order chi connectivity index (χ0) is 16.5. The first kappa shape index (κ1) is 18.5. The Morgan fingerprint density at radius 1 is 1.23 bits per heavy atom. The van der Waals surface area contributed by atoms with Gasteiger partial charge in [-0.05, 0) is 55.2 Å². The van der Waals surface area contributed by atoms with Crippen molar-refractivity contribution in [3.63, 3.8) is 0 Å². The van der Waals surface area contributed by atoms with Gasteiger partial charge >= 0.3 is 5.97 Å². The Labute approximate surface area is 134 Å². The molecule has 0 aromatic heterocycles. The zero-order valence-electron chi connectivity index (χ0n) is 14.4. The van der Waals surface area contributed by atoms with Crippen molar-refractivity contribution in [3.05, 3.63) is 29.3 Å². The summed E-state index contributed by atoms with van der Waals surface area (Å²) in [6.07, 6.45) is 5.36. The Morgan fingerprint density at radius 2 is 1.95 bits per heavy atom. The minimum atomic E-state index is -0.922. The van der Waals surface area contributed by atoms with Gasteiger partial charge in [0.25, 0.3) is 0 Å². The van der Waals surface area contributed by atoms with Crippen LogP contribution in [0.15, 0.2) is 18.2 Å². The lowest BCUT2D eigenvalue weighted by molar-refractivity contribution is 0.0692. The van der Waals surface area contributed by atoms with Crippen molar-refractivity contribution in [3.8, 4) is 5.75 Å². The molecule has 3 heteroatoms. The summed E-state index contributed by atoms with van der Waals surface area (Å²) in [4.78, 5) is 11.4. The van der Waals surface area contributed by atoms with Gasteiger partial charge in [-0.3, -0.25) is 0 Å². The van der Waals surface area contributed by atoms with E-state index in [1.165, 1.54) is 5.56 Å². The highest BCUT2D eigenvalue weighted by molar-refractivity contribution is 5.91. The first-order chi connectivity index (χ1) is 10.5. The topological polar surface area (TPSA) is 46.5 Å². The molecule has 124 valence electrons. The van der Waals surface area contributed by atoms with Crippen LogP contribution in [-0.2, 0) is 0 Å². The quantitative estimate of drug-likeness (QED) is 0.581. The van der Waals surface area contributed by atoms with Gasteiger partial charge in [-0.25, -0.2) is 4.79 Å². The Kier molecular flexibility index (Phi) is 8.00. The minimum absolute atomic E-state index is 0.264. The molecule has 22 heavy (non-hydrogen) atoms. The number of ether oxygens (including phenoxy) is 1. The summed E-state index contributed by atoms with van der Waals surface area (Å²) in [6, 6.07) is 5.56. The number of hydrogen-bond acceptors (Lipinski definition) is 2. The van der Waals surface area contributed by atoms with Crippen molar-refractivity contribution in [2.75, 3.05) is 6.61 Å². The largest absolute Gasteiger partial charge is 0.493 e. The minimum Gasteiger partial charge on any atom is -0.493 e. The van der Waals surface area contributed by atoms with Crippen molar-refractivity contribution in [2.45, 2.75) is 65.7 Å². The fourth-order valence-electron chi connectivity index (χ4n) is 2.72. The Hall–Kier alpha value is -1.51. The molecule has 3 nitrogen and oxygen atoms in total. The second-order valence-corrected chi connectivity index (χ2v) is 6.34. The number of carbonyl (C=O) groups is 1. The lowest BCUT2D eigenvalue weighted by atomic mass is 9.91. The molecule has 0 saturated carbocycles. The number of hydrogen-bond donors (Lipinski definition) is 1. The molecule has 1 aromatic rings. The van der Waals surface area contributed by atoms with Gasteiger partial charge in [0.1, 0.15) is 11.3 Å². The highest BCUT2D eigenvalue weighted by atomic mass is 16.5. The summed E-state index contributed by atoms with van der Waals surface area (Å²) >= 11 is 0. The van der Waals surface area contributed by atoms with E-state index in [9.17, 15) is 9.90 Å². The van der Waals surface area contributed by atoms with Crippen LogP contribution < -0.4 is 4.74 Å².